The van der Waals surface area contributed by atoms with Gasteiger partial charge in [0.1, 0.15) is 0 Å². The number of carbonyl (C=O) groups excluding carboxylic acids is 1. The highest BCUT2D eigenvalue weighted by Crippen LogP contribution is 2.04. The first-order valence-electron chi connectivity index (χ1n) is 6.36. The van der Waals surface area contributed by atoms with Gasteiger partial charge in [-0.3, -0.25) is 4.79 Å². The predicted molar refractivity (Wildman–Crippen MR) is 75.1 cm³/mol. The Kier molecular flexibility index (Phi) is 9.55. The molecule has 18 heavy (non-hydrogen) atoms. The van der Waals surface area contributed by atoms with Crippen molar-refractivity contribution in [2.75, 3.05) is 24.6 Å². The average molecular weight is 276 g/mol. The van der Waals surface area contributed by atoms with E-state index in [1.54, 1.807) is 0 Å². The lowest BCUT2D eigenvalue weighted by Crippen LogP contribution is -2.44. The van der Waals surface area contributed by atoms with E-state index < -0.39 is 5.97 Å². The first-order chi connectivity index (χ1) is 8.51. The summed E-state index contributed by atoms with van der Waals surface area (Å²) in [5.41, 5.74) is 0. The molecule has 0 aliphatic carbocycles. The Bertz CT molecular complexity index is 262. The van der Waals surface area contributed by atoms with Crippen molar-refractivity contribution in [1.82, 2.24) is 10.2 Å². The summed E-state index contributed by atoms with van der Waals surface area (Å²) >= 11 is 1.85. The van der Waals surface area contributed by atoms with E-state index in [0.717, 1.165) is 17.9 Å². The molecule has 5 nitrogen and oxygen atoms in total. The van der Waals surface area contributed by atoms with E-state index >= 15 is 0 Å². The summed E-state index contributed by atoms with van der Waals surface area (Å²) < 4.78 is 0. The largest absolute Gasteiger partial charge is 0.481 e. The lowest BCUT2D eigenvalue weighted by molar-refractivity contribution is -0.137. The Morgan fingerprint density at radius 1 is 1.39 bits per heavy atom. The van der Waals surface area contributed by atoms with Crippen LogP contribution in [-0.2, 0) is 4.79 Å². The third-order valence-electron chi connectivity index (χ3n) is 2.53. The zero-order valence-electron chi connectivity index (χ0n) is 11.4. The minimum Gasteiger partial charge on any atom is -0.481 e. The van der Waals surface area contributed by atoms with Gasteiger partial charge in [0.25, 0.3) is 0 Å². The molecular formula is C12H24N2O3S. The Balaban J connectivity index is 3.98. The molecule has 6 heteroatoms. The number of hydrogen-bond donors (Lipinski definition) is 2. The highest BCUT2D eigenvalue weighted by atomic mass is 32.2. The number of hydrogen-bond acceptors (Lipinski definition) is 3. The quantitative estimate of drug-likeness (QED) is 0.632. The minimum absolute atomic E-state index is 0.0126. The van der Waals surface area contributed by atoms with Gasteiger partial charge in [-0.25, -0.2) is 4.79 Å². The average Bonchev–Trinajstić information content (AvgIpc) is 2.29. The summed E-state index contributed by atoms with van der Waals surface area (Å²) in [6.45, 7) is 6.71. The fourth-order valence-electron chi connectivity index (χ4n) is 1.41. The van der Waals surface area contributed by atoms with Crippen molar-refractivity contribution in [3.63, 3.8) is 0 Å². The van der Waals surface area contributed by atoms with Gasteiger partial charge in [-0.15, -0.1) is 0 Å². The van der Waals surface area contributed by atoms with Crippen LogP contribution in [0.5, 0.6) is 0 Å². The molecule has 0 bridgehead atoms. The first-order valence-corrected chi connectivity index (χ1v) is 7.51. The second-order valence-electron chi connectivity index (χ2n) is 4.06. The van der Waals surface area contributed by atoms with E-state index in [-0.39, 0.29) is 25.0 Å². The Labute approximate surface area is 113 Å². The van der Waals surface area contributed by atoms with Crippen LogP contribution in [0.4, 0.5) is 4.79 Å². The molecule has 0 saturated heterocycles. The van der Waals surface area contributed by atoms with Crippen LogP contribution in [0.3, 0.4) is 0 Å². The van der Waals surface area contributed by atoms with Crippen LogP contribution < -0.4 is 5.32 Å². The van der Waals surface area contributed by atoms with Crippen LogP contribution in [0, 0.1) is 0 Å². The fraction of sp³-hybridized carbons (Fsp3) is 0.833. The van der Waals surface area contributed by atoms with Crippen molar-refractivity contribution in [2.24, 2.45) is 0 Å². The van der Waals surface area contributed by atoms with Crippen molar-refractivity contribution in [2.45, 2.75) is 39.7 Å². The molecule has 0 aliphatic rings. The molecule has 0 radical (unpaired) electrons. The Morgan fingerprint density at radius 2 is 2.06 bits per heavy atom. The normalized spacial score (nSPS) is 11.9. The first kappa shape index (κ1) is 17.1. The molecule has 1 atom stereocenters. The number of thioether (sulfide) groups is 1. The molecule has 0 aliphatic heterocycles. The van der Waals surface area contributed by atoms with Gasteiger partial charge in [-0.05, 0) is 31.8 Å². The molecule has 0 rings (SSSR count). The maximum atomic E-state index is 11.8. The van der Waals surface area contributed by atoms with E-state index in [1.165, 1.54) is 4.90 Å². The Hall–Kier alpha value is -0.910. The molecule has 0 spiro atoms. The number of nitrogens with one attached hydrogen (secondary N) is 1. The highest BCUT2D eigenvalue weighted by molar-refractivity contribution is 7.99. The number of urea groups is 1. The van der Waals surface area contributed by atoms with Crippen molar-refractivity contribution in [3.05, 3.63) is 0 Å². The summed E-state index contributed by atoms with van der Waals surface area (Å²) in [6, 6.07) is -0.0526. The SMILES string of the molecule is CCSCCC(C)NC(=O)N(CC)CCC(=O)O. The highest BCUT2D eigenvalue weighted by Gasteiger charge is 2.14. The maximum absolute atomic E-state index is 11.8. The second-order valence-corrected chi connectivity index (χ2v) is 5.45. The summed E-state index contributed by atoms with van der Waals surface area (Å²) in [7, 11) is 0. The minimum atomic E-state index is -0.881. The summed E-state index contributed by atoms with van der Waals surface area (Å²) in [5.74, 6) is 1.23. The monoisotopic (exact) mass is 276 g/mol. The van der Waals surface area contributed by atoms with Gasteiger partial charge >= 0.3 is 12.0 Å². The van der Waals surface area contributed by atoms with E-state index in [0.29, 0.717) is 6.54 Å². The van der Waals surface area contributed by atoms with Gasteiger partial charge in [0.15, 0.2) is 0 Å². The molecule has 2 amide bonds. The van der Waals surface area contributed by atoms with E-state index in [2.05, 4.69) is 12.2 Å². The zero-order chi connectivity index (χ0) is 14.0. The van der Waals surface area contributed by atoms with Gasteiger partial charge in [0.05, 0.1) is 6.42 Å². The molecule has 0 saturated carbocycles. The zero-order valence-corrected chi connectivity index (χ0v) is 12.3. The number of carbonyl (C=O) groups is 2. The number of rotatable bonds is 9. The lowest BCUT2D eigenvalue weighted by atomic mass is 10.2. The molecule has 106 valence electrons. The van der Waals surface area contributed by atoms with Crippen LogP contribution in [0.25, 0.3) is 0 Å². The number of carboxylic acid groups (broad SMARTS) is 1. The van der Waals surface area contributed by atoms with Crippen LogP contribution in [-0.4, -0.2) is 52.6 Å². The third kappa shape index (κ3) is 8.22. The van der Waals surface area contributed by atoms with Gasteiger partial charge in [-0.2, -0.15) is 11.8 Å². The molecule has 0 aromatic carbocycles. The molecular weight excluding hydrogens is 252 g/mol. The third-order valence-corrected chi connectivity index (χ3v) is 3.47. The number of nitrogens with zero attached hydrogens (tertiary/aromatic N) is 1. The van der Waals surface area contributed by atoms with Crippen molar-refractivity contribution in [1.29, 1.82) is 0 Å². The summed E-state index contributed by atoms with van der Waals surface area (Å²) in [6.07, 6.45) is 0.919. The van der Waals surface area contributed by atoms with Crippen LogP contribution in [0.15, 0.2) is 0 Å². The van der Waals surface area contributed by atoms with Crippen LogP contribution in [0.1, 0.15) is 33.6 Å². The van der Waals surface area contributed by atoms with Gasteiger partial charge in [0, 0.05) is 19.1 Å². The summed E-state index contributed by atoms with van der Waals surface area (Å²) in [5, 5.41) is 11.5. The van der Waals surface area contributed by atoms with Crippen molar-refractivity contribution in [3.8, 4) is 0 Å². The second kappa shape index (κ2) is 10.1. The fourth-order valence-corrected chi connectivity index (χ4v) is 2.22. The van der Waals surface area contributed by atoms with E-state index in [9.17, 15) is 9.59 Å². The standard InChI is InChI=1S/C12H24N2O3S/c1-4-14(8-6-11(15)16)12(17)13-10(3)7-9-18-5-2/h10H,4-9H2,1-3H3,(H,13,17)(H,15,16). The number of aliphatic carboxylic acids is 1. The van der Waals surface area contributed by atoms with Gasteiger partial charge in [0.2, 0.25) is 0 Å². The number of amides is 2. The number of carboxylic acids is 1. The van der Waals surface area contributed by atoms with Crippen LogP contribution in [0.2, 0.25) is 0 Å². The smallest absolute Gasteiger partial charge is 0.317 e. The van der Waals surface area contributed by atoms with E-state index in [4.69, 9.17) is 5.11 Å². The predicted octanol–water partition coefficient (Wildman–Crippen LogP) is 2.02. The topological polar surface area (TPSA) is 69.6 Å². The molecule has 0 fully saturated rings. The molecule has 0 aromatic heterocycles. The summed E-state index contributed by atoms with van der Waals surface area (Å²) in [4.78, 5) is 23.8. The lowest BCUT2D eigenvalue weighted by Gasteiger charge is -2.23. The van der Waals surface area contributed by atoms with Crippen molar-refractivity contribution < 1.29 is 14.7 Å². The van der Waals surface area contributed by atoms with Gasteiger partial charge < -0.3 is 15.3 Å². The molecule has 1 unspecified atom stereocenters. The maximum Gasteiger partial charge on any atom is 0.317 e. The van der Waals surface area contributed by atoms with Crippen LogP contribution >= 0.6 is 11.8 Å². The molecule has 0 heterocycles. The Morgan fingerprint density at radius 3 is 2.56 bits per heavy atom. The molecule has 2 N–H and O–H groups in total. The molecule has 0 aromatic rings. The van der Waals surface area contributed by atoms with Crippen molar-refractivity contribution >= 4 is 23.8 Å². The van der Waals surface area contributed by atoms with Gasteiger partial charge in [-0.1, -0.05) is 6.92 Å². The van der Waals surface area contributed by atoms with E-state index in [1.807, 2.05) is 25.6 Å².